The molecular weight excluding hydrogens is 542 g/mol. The van der Waals surface area contributed by atoms with Gasteiger partial charge in [0.2, 0.25) is 0 Å². The average Bonchev–Trinajstić information content (AvgIpc) is 2.94. The molecule has 0 spiro atoms. The Balaban J connectivity index is 0.000000579. The molecule has 0 aliphatic rings. The van der Waals surface area contributed by atoms with Crippen molar-refractivity contribution in [2.75, 3.05) is 66.1 Å². The first kappa shape index (κ1) is 35.4. The molecule has 212 valence electrons. The highest BCUT2D eigenvalue weighted by molar-refractivity contribution is 6.60. The van der Waals surface area contributed by atoms with Crippen LogP contribution in [0.3, 0.4) is 0 Å². The Bertz CT molecular complexity index is 780. The minimum atomic E-state index is -2.46. The van der Waals surface area contributed by atoms with Crippen LogP contribution in [0.1, 0.15) is 12.8 Å². The van der Waals surface area contributed by atoms with Gasteiger partial charge in [-0.1, -0.05) is 0 Å². The van der Waals surface area contributed by atoms with E-state index >= 15 is 0 Å². The Kier molecular flexibility index (Phi) is 19.5. The summed E-state index contributed by atoms with van der Waals surface area (Å²) in [5.41, 5.74) is 6.75. The van der Waals surface area contributed by atoms with E-state index in [0.29, 0.717) is 11.6 Å². The molecule has 8 nitrogen and oxygen atoms in total. The largest absolute Gasteiger partial charge is 0.500 e. The topological polar surface area (TPSA) is 93.4 Å². The van der Waals surface area contributed by atoms with Crippen LogP contribution < -0.4 is 11.1 Å². The van der Waals surface area contributed by atoms with Crippen molar-refractivity contribution in [3.05, 3.63) is 60.2 Å². The van der Waals surface area contributed by atoms with Gasteiger partial charge in [0.25, 0.3) is 0 Å². The maximum absolute atomic E-state index is 12.7. The van der Waals surface area contributed by atoms with Crippen molar-refractivity contribution >= 4 is 40.6 Å². The van der Waals surface area contributed by atoms with Crippen LogP contribution in [-0.2, 0) is 26.6 Å². The summed E-state index contributed by atoms with van der Waals surface area (Å²) in [6.45, 7) is 0.760. The smallest absolute Gasteiger partial charge is 0.399 e. The van der Waals surface area contributed by atoms with Crippen LogP contribution in [0.4, 0.5) is 20.2 Å². The first-order chi connectivity index (χ1) is 17.7. The molecule has 2 rings (SSSR count). The number of benzene rings is 2. The van der Waals surface area contributed by atoms with Crippen LogP contribution in [0.15, 0.2) is 48.5 Å². The molecule has 0 atom stereocenters. The Hall–Kier alpha value is -1.62. The van der Waals surface area contributed by atoms with Gasteiger partial charge in [-0.3, -0.25) is 0 Å². The van der Waals surface area contributed by atoms with Crippen molar-refractivity contribution in [3.63, 3.8) is 0 Å². The summed E-state index contributed by atoms with van der Waals surface area (Å²) in [5, 5.41) is 3.21. The van der Waals surface area contributed by atoms with E-state index in [0.717, 1.165) is 37.2 Å². The lowest BCUT2D eigenvalue weighted by Gasteiger charge is -2.24. The van der Waals surface area contributed by atoms with Gasteiger partial charge in [-0.25, -0.2) is 8.78 Å². The Morgan fingerprint density at radius 2 is 1.05 bits per heavy atom. The molecule has 0 saturated heterocycles. The molecule has 3 N–H and O–H groups in total. The summed E-state index contributed by atoms with van der Waals surface area (Å²) < 4.78 is 56.2. The second-order valence-electron chi connectivity index (χ2n) is 7.47. The molecule has 2 aromatic rings. The van der Waals surface area contributed by atoms with E-state index < -0.39 is 17.6 Å². The lowest BCUT2D eigenvalue weighted by atomic mass is 10.3. The third-order valence-electron chi connectivity index (χ3n) is 5.19. The number of anilines is 2. The van der Waals surface area contributed by atoms with Gasteiger partial charge in [0.1, 0.15) is 11.6 Å². The number of halogens is 3. The van der Waals surface area contributed by atoms with Gasteiger partial charge in [-0.05, 0) is 61.4 Å². The molecule has 0 radical (unpaired) electrons. The Morgan fingerprint density at radius 1 is 0.676 bits per heavy atom. The quantitative estimate of drug-likeness (QED) is 0.132. The monoisotopic (exact) mass is 582 g/mol. The van der Waals surface area contributed by atoms with Crippen molar-refractivity contribution in [3.8, 4) is 0 Å². The van der Waals surface area contributed by atoms with Crippen molar-refractivity contribution < 1.29 is 35.3 Å². The van der Waals surface area contributed by atoms with E-state index in [9.17, 15) is 8.78 Å². The fraction of sp³-hybridized carbons (Fsp3) is 0.500. The molecule has 0 unspecified atom stereocenters. The Labute approximate surface area is 227 Å². The summed E-state index contributed by atoms with van der Waals surface area (Å²) in [7, 11) is 4.84. The van der Waals surface area contributed by atoms with Crippen LogP contribution in [0.25, 0.3) is 0 Å². The normalized spacial score (nSPS) is 11.2. The summed E-state index contributed by atoms with van der Waals surface area (Å²) in [6.07, 6.45) is 1.72. The first-order valence-corrected chi connectivity index (χ1v) is 16.0. The minimum absolute atomic E-state index is 0.231. The van der Waals surface area contributed by atoms with E-state index in [1.807, 2.05) is 0 Å². The third kappa shape index (κ3) is 14.8. The maximum Gasteiger partial charge on any atom is 0.500 e. The van der Waals surface area contributed by atoms with Gasteiger partial charge in [0, 0.05) is 78.5 Å². The van der Waals surface area contributed by atoms with E-state index in [-0.39, 0.29) is 11.6 Å². The van der Waals surface area contributed by atoms with E-state index in [1.165, 1.54) is 36.4 Å². The minimum Gasteiger partial charge on any atom is -0.399 e. The fourth-order valence-electron chi connectivity index (χ4n) is 2.96. The van der Waals surface area contributed by atoms with Crippen molar-refractivity contribution in [2.45, 2.75) is 24.9 Å². The number of rotatable bonds is 14. The summed E-state index contributed by atoms with van der Waals surface area (Å²) in [6, 6.07) is 13.5. The number of nitrogens with one attached hydrogen (secondary N) is 1. The number of alkyl halides is 1. The SMILES string of the molecule is CO[Si](CCCCl)(OC)OC.CO[Si](CCCNc1ccc(F)cc1)(OC)OC.Nc1ccc(F)cc1. The third-order valence-corrected chi connectivity index (χ3v) is 11.1. The molecule has 2 aromatic carbocycles. The Morgan fingerprint density at radius 3 is 1.41 bits per heavy atom. The molecule has 0 saturated carbocycles. The summed E-state index contributed by atoms with van der Waals surface area (Å²) >= 11 is 5.53. The summed E-state index contributed by atoms with van der Waals surface area (Å²) in [4.78, 5) is 0. The van der Waals surface area contributed by atoms with E-state index in [1.54, 1.807) is 54.8 Å². The van der Waals surface area contributed by atoms with Gasteiger partial charge in [0.15, 0.2) is 0 Å². The lowest BCUT2D eigenvalue weighted by Crippen LogP contribution is -2.42. The zero-order valence-corrected chi connectivity index (χ0v) is 25.3. The molecule has 0 heterocycles. The van der Waals surface area contributed by atoms with Gasteiger partial charge < -0.3 is 37.6 Å². The van der Waals surface area contributed by atoms with Crippen molar-refractivity contribution in [1.82, 2.24) is 0 Å². The zero-order chi connectivity index (χ0) is 28.2. The van der Waals surface area contributed by atoms with E-state index in [2.05, 4.69) is 5.32 Å². The zero-order valence-electron chi connectivity index (χ0n) is 22.5. The number of nitrogen functional groups attached to an aromatic ring is 1. The predicted molar refractivity (Wildman–Crippen MR) is 149 cm³/mol. The first-order valence-electron chi connectivity index (χ1n) is 11.6. The van der Waals surface area contributed by atoms with Crippen molar-refractivity contribution in [1.29, 1.82) is 0 Å². The second-order valence-corrected chi connectivity index (χ2v) is 14.0. The second kappa shape index (κ2) is 20.4. The fourth-order valence-corrected chi connectivity index (χ4v) is 6.77. The van der Waals surface area contributed by atoms with E-state index in [4.69, 9.17) is 43.9 Å². The van der Waals surface area contributed by atoms with Crippen LogP contribution in [0, 0.1) is 11.6 Å². The molecule has 13 heteroatoms. The lowest BCUT2D eigenvalue weighted by molar-refractivity contribution is 0.123. The molecule has 0 amide bonds. The molecule has 0 aromatic heterocycles. The molecule has 37 heavy (non-hydrogen) atoms. The van der Waals surface area contributed by atoms with Gasteiger partial charge >= 0.3 is 17.6 Å². The molecule has 0 fully saturated rings. The molecular formula is C24H41ClF2N2O6Si2. The van der Waals surface area contributed by atoms with Gasteiger partial charge in [0.05, 0.1) is 0 Å². The highest BCUT2D eigenvalue weighted by atomic mass is 35.5. The number of hydrogen-bond donors (Lipinski definition) is 2. The van der Waals surface area contributed by atoms with Gasteiger partial charge in [-0.2, -0.15) is 0 Å². The standard InChI is InChI=1S/C12H20FNO3Si.C6H15ClO3Si.C6H6FN/c1-15-18(16-2,17-3)10-4-9-14-12-7-5-11(13)6-8-12;1-8-11(9-2,10-3)6-4-5-7;7-5-1-3-6(8)4-2-5/h5-8,14H,4,9-10H2,1-3H3;4-6H2,1-3H3;1-4H,8H2. The molecule has 0 bridgehead atoms. The van der Waals surface area contributed by atoms with Crippen LogP contribution in [0.5, 0.6) is 0 Å². The average molecular weight is 583 g/mol. The number of nitrogens with two attached hydrogens (primary N) is 1. The molecule has 0 aliphatic heterocycles. The molecule has 0 aliphatic carbocycles. The highest BCUT2D eigenvalue weighted by Gasteiger charge is 2.37. The highest BCUT2D eigenvalue weighted by Crippen LogP contribution is 2.16. The summed E-state index contributed by atoms with van der Waals surface area (Å²) in [5.74, 6) is 0.134. The number of hydrogen-bond acceptors (Lipinski definition) is 8. The maximum atomic E-state index is 12.7. The van der Waals surface area contributed by atoms with Gasteiger partial charge in [-0.15, -0.1) is 11.6 Å². The van der Waals surface area contributed by atoms with Crippen LogP contribution in [0.2, 0.25) is 12.1 Å². The van der Waals surface area contributed by atoms with Crippen LogP contribution >= 0.6 is 11.6 Å². The van der Waals surface area contributed by atoms with Crippen molar-refractivity contribution in [2.24, 2.45) is 0 Å². The van der Waals surface area contributed by atoms with Crippen LogP contribution in [-0.4, -0.2) is 72.7 Å². The predicted octanol–water partition coefficient (Wildman–Crippen LogP) is 5.41.